The average Bonchev–Trinajstić information content (AvgIpc) is 3.03. The van der Waals surface area contributed by atoms with Crippen LogP contribution in [0.5, 0.6) is 0 Å². The molecule has 2 aromatic heterocycles. The van der Waals surface area contributed by atoms with E-state index in [2.05, 4.69) is 48.1 Å². The second-order valence-electron chi connectivity index (χ2n) is 5.17. The first kappa shape index (κ1) is 14.7. The summed E-state index contributed by atoms with van der Waals surface area (Å²) in [7, 11) is 0. The average molecular weight is 295 g/mol. The summed E-state index contributed by atoms with van der Waals surface area (Å²) in [6.07, 6.45) is 1.01. The van der Waals surface area contributed by atoms with E-state index in [1.54, 1.807) is 22.7 Å². The van der Waals surface area contributed by atoms with E-state index in [1.165, 1.54) is 15.3 Å². The lowest BCUT2D eigenvalue weighted by Crippen LogP contribution is -2.32. The third-order valence-electron chi connectivity index (χ3n) is 3.00. The highest BCUT2D eigenvalue weighted by Crippen LogP contribution is 2.29. The Morgan fingerprint density at radius 2 is 2.16 bits per heavy atom. The van der Waals surface area contributed by atoms with Crippen LogP contribution in [0.15, 0.2) is 29.0 Å². The Hall–Kier alpha value is -0.680. The van der Waals surface area contributed by atoms with E-state index in [4.69, 9.17) is 0 Å². The van der Waals surface area contributed by atoms with Gasteiger partial charge in [0, 0.05) is 27.9 Å². The maximum Gasteiger partial charge on any atom is 0.0584 e. The molecule has 0 fully saturated rings. The van der Waals surface area contributed by atoms with Crippen LogP contribution in [0.25, 0.3) is 10.4 Å². The summed E-state index contributed by atoms with van der Waals surface area (Å²) in [6.45, 7) is 5.42. The number of thiophene rings is 2. The fraction of sp³-hybridized carbons (Fsp3) is 0.467. The number of aliphatic hydroxyl groups is 1. The maximum atomic E-state index is 9.35. The Labute approximate surface area is 123 Å². The highest BCUT2D eigenvalue weighted by molar-refractivity contribution is 7.14. The summed E-state index contributed by atoms with van der Waals surface area (Å²) in [4.78, 5) is 2.65. The molecule has 0 aliphatic rings. The van der Waals surface area contributed by atoms with E-state index in [1.807, 2.05) is 0 Å². The molecule has 2 nitrogen and oxygen atoms in total. The van der Waals surface area contributed by atoms with Gasteiger partial charge < -0.3 is 10.4 Å². The second kappa shape index (κ2) is 7.20. The number of aliphatic hydroxyl groups excluding tert-OH is 1. The molecule has 0 spiro atoms. The lowest BCUT2D eigenvalue weighted by atomic mass is 10.0. The minimum absolute atomic E-state index is 0.201. The van der Waals surface area contributed by atoms with Crippen molar-refractivity contribution in [2.24, 2.45) is 5.92 Å². The standard InChI is InChI=1S/C15H21NOS2/c1-11(2)6-13(9-17)16-8-14-7-12(10-19-14)15-4-3-5-18-15/h3-5,7,10-11,13,16-17H,6,8-9H2,1-2H3. The Morgan fingerprint density at radius 3 is 2.79 bits per heavy atom. The molecule has 1 atom stereocenters. The molecule has 2 heterocycles. The summed E-state index contributed by atoms with van der Waals surface area (Å²) < 4.78 is 0. The summed E-state index contributed by atoms with van der Waals surface area (Å²) in [6, 6.07) is 6.68. The minimum atomic E-state index is 0.201. The van der Waals surface area contributed by atoms with E-state index >= 15 is 0 Å². The summed E-state index contributed by atoms with van der Waals surface area (Å²) in [5.41, 5.74) is 1.31. The number of rotatable bonds is 7. The van der Waals surface area contributed by atoms with Gasteiger partial charge in [0.15, 0.2) is 0 Å². The van der Waals surface area contributed by atoms with Crippen molar-refractivity contribution in [2.45, 2.75) is 32.9 Å². The molecule has 4 heteroatoms. The Balaban J connectivity index is 1.89. The summed E-state index contributed by atoms with van der Waals surface area (Å²) in [5, 5.41) is 17.1. The first-order valence-electron chi connectivity index (χ1n) is 6.64. The quantitative estimate of drug-likeness (QED) is 0.810. The van der Waals surface area contributed by atoms with Gasteiger partial charge >= 0.3 is 0 Å². The van der Waals surface area contributed by atoms with Gasteiger partial charge in [-0.25, -0.2) is 0 Å². The van der Waals surface area contributed by atoms with Crippen molar-refractivity contribution in [3.8, 4) is 10.4 Å². The molecule has 0 aromatic carbocycles. The molecule has 19 heavy (non-hydrogen) atoms. The molecule has 0 aliphatic carbocycles. The fourth-order valence-corrected chi connectivity index (χ4v) is 3.71. The van der Waals surface area contributed by atoms with Crippen LogP contribution in [0.3, 0.4) is 0 Å². The molecule has 2 aromatic rings. The fourth-order valence-electron chi connectivity index (χ4n) is 2.08. The molecule has 0 saturated heterocycles. The van der Waals surface area contributed by atoms with Gasteiger partial charge in [-0.05, 0) is 35.2 Å². The summed E-state index contributed by atoms with van der Waals surface area (Å²) >= 11 is 3.55. The second-order valence-corrected chi connectivity index (χ2v) is 7.11. The van der Waals surface area contributed by atoms with Gasteiger partial charge in [0.1, 0.15) is 0 Å². The Kier molecular flexibility index (Phi) is 5.58. The van der Waals surface area contributed by atoms with Gasteiger partial charge in [-0.15, -0.1) is 22.7 Å². The molecule has 0 amide bonds. The third-order valence-corrected chi connectivity index (χ3v) is 4.86. The lowest BCUT2D eigenvalue weighted by molar-refractivity contribution is 0.224. The van der Waals surface area contributed by atoms with Crippen molar-refractivity contribution in [2.75, 3.05) is 6.61 Å². The largest absolute Gasteiger partial charge is 0.395 e. The van der Waals surface area contributed by atoms with Crippen molar-refractivity contribution in [1.29, 1.82) is 0 Å². The van der Waals surface area contributed by atoms with Gasteiger partial charge in [0.2, 0.25) is 0 Å². The van der Waals surface area contributed by atoms with Crippen LogP contribution in [0.2, 0.25) is 0 Å². The van der Waals surface area contributed by atoms with E-state index in [0.717, 1.165) is 13.0 Å². The van der Waals surface area contributed by atoms with Crippen LogP contribution < -0.4 is 5.32 Å². The molecule has 104 valence electrons. The van der Waals surface area contributed by atoms with Crippen LogP contribution in [-0.2, 0) is 6.54 Å². The van der Waals surface area contributed by atoms with Crippen molar-refractivity contribution in [3.05, 3.63) is 33.8 Å². The van der Waals surface area contributed by atoms with Crippen LogP contribution >= 0.6 is 22.7 Å². The first-order chi connectivity index (χ1) is 9.19. The highest BCUT2D eigenvalue weighted by atomic mass is 32.1. The number of hydrogen-bond donors (Lipinski definition) is 2. The predicted molar refractivity (Wildman–Crippen MR) is 84.8 cm³/mol. The zero-order valence-electron chi connectivity index (χ0n) is 11.4. The van der Waals surface area contributed by atoms with Crippen LogP contribution in [-0.4, -0.2) is 17.8 Å². The van der Waals surface area contributed by atoms with Crippen LogP contribution in [0, 0.1) is 5.92 Å². The molecule has 0 radical (unpaired) electrons. The third kappa shape index (κ3) is 4.42. The van der Waals surface area contributed by atoms with Gasteiger partial charge in [-0.1, -0.05) is 19.9 Å². The van der Waals surface area contributed by atoms with E-state index < -0.39 is 0 Å². The number of nitrogens with one attached hydrogen (secondary N) is 1. The van der Waals surface area contributed by atoms with Crippen molar-refractivity contribution < 1.29 is 5.11 Å². The first-order valence-corrected chi connectivity index (χ1v) is 8.40. The summed E-state index contributed by atoms with van der Waals surface area (Å²) in [5.74, 6) is 0.606. The highest BCUT2D eigenvalue weighted by Gasteiger charge is 2.10. The molecule has 0 bridgehead atoms. The molecular formula is C15H21NOS2. The molecule has 2 rings (SSSR count). The van der Waals surface area contributed by atoms with Crippen LogP contribution in [0.4, 0.5) is 0 Å². The van der Waals surface area contributed by atoms with E-state index in [0.29, 0.717) is 5.92 Å². The van der Waals surface area contributed by atoms with Gasteiger partial charge in [0.25, 0.3) is 0 Å². The predicted octanol–water partition coefficient (Wildman–Crippen LogP) is 3.97. The van der Waals surface area contributed by atoms with Crippen molar-refractivity contribution >= 4 is 22.7 Å². The van der Waals surface area contributed by atoms with E-state index in [-0.39, 0.29) is 12.6 Å². The monoisotopic (exact) mass is 295 g/mol. The van der Waals surface area contributed by atoms with E-state index in [9.17, 15) is 5.11 Å². The van der Waals surface area contributed by atoms with Crippen molar-refractivity contribution in [1.82, 2.24) is 5.32 Å². The maximum absolute atomic E-state index is 9.35. The van der Waals surface area contributed by atoms with Crippen molar-refractivity contribution in [3.63, 3.8) is 0 Å². The zero-order valence-corrected chi connectivity index (χ0v) is 13.1. The van der Waals surface area contributed by atoms with Gasteiger partial charge in [-0.3, -0.25) is 0 Å². The minimum Gasteiger partial charge on any atom is -0.395 e. The Bertz CT molecular complexity index is 476. The smallest absolute Gasteiger partial charge is 0.0584 e. The van der Waals surface area contributed by atoms with Gasteiger partial charge in [-0.2, -0.15) is 0 Å². The lowest BCUT2D eigenvalue weighted by Gasteiger charge is -2.17. The topological polar surface area (TPSA) is 32.3 Å². The molecule has 0 aliphatic heterocycles. The normalized spacial score (nSPS) is 13.1. The number of hydrogen-bond acceptors (Lipinski definition) is 4. The SMILES string of the molecule is CC(C)CC(CO)NCc1cc(-c2cccs2)cs1. The molecule has 1 unspecified atom stereocenters. The zero-order chi connectivity index (χ0) is 13.7. The molecular weight excluding hydrogens is 274 g/mol. The molecule has 2 N–H and O–H groups in total. The van der Waals surface area contributed by atoms with Crippen LogP contribution in [0.1, 0.15) is 25.1 Å². The molecule has 0 saturated carbocycles. The Morgan fingerprint density at radius 1 is 1.32 bits per heavy atom. The van der Waals surface area contributed by atoms with Gasteiger partial charge in [0.05, 0.1) is 6.61 Å².